The number of amides is 1. The van der Waals surface area contributed by atoms with E-state index < -0.39 is 11.7 Å². The van der Waals surface area contributed by atoms with Crippen molar-refractivity contribution in [3.05, 3.63) is 35.4 Å². The molecule has 0 heterocycles. The Bertz CT molecular complexity index is 489. The highest BCUT2D eigenvalue weighted by Crippen LogP contribution is 2.31. The first kappa shape index (κ1) is 15.9. The molecule has 21 heavy (non-hydrogen) atoms. The quantitative estimate of drug-likeness (QED) is 0.791. The SMILES string of the molecule is CC(C)CCN(C(=O)c1ccc(C(F)(F)F)cc1)C1CC1. The number of halogens is 3. The van der Waals surface area contributed by atoms with Crippen LogP contribution in [0.3, 0.4) is 0 Å². The zero-order chi connectivity index (χ0) is 15.6. The molecule has 0 aromatic heterocycles. The fourth-order valence-electron chi connectivity index (χ4n) is 2.20. The summed E-state index contributed by atoms with van der Waals surface area (Å²) in [5.74, 6) is 0.332. The molecule has 0 saturated heterocycles. The van der Waals surface area contributed by atoms with Crippen LogP contribution in [0.4, 0.5) is 13.2 Å². The minimum absolute atomic E-state index is 0.160. The molecule has 116 valence electrons. The van der Waals surface area contributed by atoms with Crippen molar-refractivity contribution in [3.8, 4) is 0 Å². The van der Waals surface area contributed by atoms with Gasteiger partial charge in [0.25, 0.3) is 5.91 Å². The van der Waals surface area contributed by atoms with Gasteiger partial charge in [0.1, 0.15) is 0 Å². The molecular weight excluding hydrogens is 279 g/mol. The molecule has 1 aromatic carbocycles. The number of carbonyl (C=O) groups excluding carboxylic acids is 1. The lowest BCUT2D eigenvalue weighted by atomic mass is 10.1. The Balaban J connectivity index is 2.09. The average molecular weight is 299 g/mol. The van der Waals surface area contributed by atoms with Crippen LogP contribution in [0.2, 0.25) is 0 Å². The van der Waals surface area contributed by atoms with Gasteiger partial charge in [-0.1, -0.05) is 13.8 Å². The summed E-state index contributed by atoms with van der Waals surface area (Å²) in [5.41, 5.74) is -0.391. The number of hydrogen-bond donors (Lipinski definition) is 0. The van der Waals surface area contributed by atoms with Crippen molar-refractivity contribution in [3.63, 3.8) is 0 Å². The Morgan fingerprint density at radius 1 is 1.24 bits per heavy atom. The molecule has 2 nitrogen and oxygen atoms in total. The Hall–Kier alpha value is -1.52. The molecular formula is C16H20F3NO. The summed E-state index contributed by atoms with van der Waals surface area (Å²) in [6.45, 7) is 4.85. The molecule has 1 aliphatic carbocycles. The highest BCUT2D eigenvalue weighted by atomic mass is 19.4. The molecule has 1 aliphatic rings. The molecule has 2 rings (SSSR count). The maximum absolute atomic E-state index is 12.5. The van der Waals surface area contributed by atoms with E-state index >= 15 is 0 Å². The van der Waals surface area contributed by atoms with E-state index in [4.69, 9.17) is 0 Å². The predicted octanol–water partition coefficient (Wildman–Crippen LogP) is 4.36. The van der Waals surface area contributed by atoms with E-state index in [2.05, 4.69) is 13.8 Å². The van der Waals surface area contributed by atoms with Crippen LogP contribution in [0, 0.1) is 5.92 Å². The molecule has 0 bridgehead atoms. The first-order chi connectivity index (χ1) is 9.79. The van der Waals surface area contributed by atoms with Crippen molar-refractivity contribution < 1.29 is 18.0 Å². The van der Waals surface area contributed by atoms with Crippen LogP contribution < -0.4 is 0 Å². The second-order valence-corrected chi connectivity index (χ2v) is 5.99. The van der Waals surface area contributed by atoms with E-state index in [9.17, 15) is 18.0 Å². The molecule has 1 amide bonds. The van der Waals surface area contributed by atoms with Crippen LogP contribution in [-0.4, -0.2) is 23.4 Å². The average Bonchev–Trinajstić information content (AvgIpc) is 3.22. The van der Waals surface area contributed by atoms with Gasteiger partial charge in [-0.05, 0) is 49.4 Å². The Labute approximate surface area is 122 Å². The van der Waals surface area contributed by atoms with E-state index in [-0.39, 0.29) is 11.9 Å². The van der Waals surface area contributed by atoms with E-state index in [0.717, 1.165) is 31.4 Å². The zero-order valence-corrected chi connectivity index (χ0v) is 12.3. The summed E-state index contributed by atoms with van der Waals surface area (Å²) in [7, 11) is 0. The van der Waals surface area contributed by atoms with Gasteiger partial charge in [0.15, 0.2) is 0 Å². The van der Waals surface area contributed by atoms with Crippen LogP contribution in [0.15, 0.2) is 24.3 Å². The van der Waals surface area contributed by atoms with Crippen molar-refractivity contribution in [2.75, 3.05) is 6.54 Å². The summed E-state index contributed by atoms with van der Waals surface area (Å²) < 4.78 is 37.6. The summed E-state index contributed by atoms with van der Waals surface area (Å²) in [6.07, 6.45) is -1.48. The lowest BCUT2D eigenvalue weighted by molar-refractivity contribution is -0.137. The molecule has 0 aliphatic heterocycles. The smallest absolute Gasteiger partial charge is 0.336 e. The maximum Gasteiger partial charge on any atom is 0.416 e. The lowest BCUT2D eigenvalue weighted by Crippen LogP contribution is -2.34. The molecule has 0 unspecified atom stereocenters. The van der Waals surface area contributed by atoms with Gasteiger partial charge in [-0.25, -0.2) is 0 Å². The van der Waals surface area contributed by atoms with E-state index in [1.54, 1.807) is 0 Å². The molecule has 1 aromatic rings. The Morgan fingerprint density at radius 3 is 2.24 bits per heavy atom. The largest absolute Gasteiger partial charge is 0.416 e. The van der Waals surface area contributed by atoms with Gasteiger partial charge in [0.2, 0.25) is 0 Å². The van der Waals surface area contributed by atoms with Crippen LogP contribution >= 0.6 is 0 Å². The third-order valence-corrected chi connectivity index (χ3v) is 3.66. The highest BCUT2D eigenvalue weighted by molar-refractivity contribution is 5.94. The molecule has 1 fully saturated rings. The lowest BCUT2D eigenvalue weighted by Gasteiger charge is -2.23. The molecule has 1 saturated carbocycles. The highest BCUT2D eigenvalue weighted by Gasteiger charge is 2.34. The number of nitrogens with zero attached hydrogens (tertiary/aromatic N) is 1. The van der Waals surface area contributed by atoms with Gasteiger partial charge in [-0.15, -0.1) is 0 Å². The number of hydrogen-bond acceptors (Lipinski definition) is 1. The predicted molar refractivity (Wildman–Crippen MR) is 75.0 cm³/mol. The zero-order valence-electron chi connectivity index (χ0n) is 12.3. The van der Waals surface area contributed by atoms with Gasteiger partial charge in [-0.3, -0.25) is 4.79 Å². The van der Waals surface area contributed by atoms with E-state index in [0.29, 0.717) is 18.0 Å². The Kier molecular flexibility index (Phi) is 4.59. The first-order valence-electron chi connectivity index (χ1n) is 7.27. The van der Waals surface area contributed by atoms with Crippen molar-refractivity contribution in [2.24, 2.45) is 5.92 Å². The molecule has 5 heteroatoms. The van der Waals surface area contributed by atoms with Crippen LogP contribution in [0.1, 0.15) is 49.0 Å². The fraction of sp³-hybridized carbons (Fsp3) is 0.562. The van der Waals surface area contributed by atoms with Crippen molar-refractivity contribution in [1.82, 2.24) is 4.90 Å². The van der Waals surface area contributed by atoms with Crippen molar-refractivity contribution in [2.45, 2.75) is 45.3 Å². The molecule has 0 spiro atoms. The number of alkyl halides is 3. The van der Waals surface area contributed by atoms with E-state index in [1.165, 1.54) is 12.1 Å². The third kappa shape index (κ3) is 4.22. The van der Waals surface area contributed by atoms with E-state index in [1.807, 2.05) is 4.90 Å². The summed E-state index contributed by atoms with van der Waals surface area (Å²) >= 11 is 0. The second kappa shape index (κ2) is 6.08. The first-order valence-corrected chi connectivity index (χ1v) is 7.27. The second-order valence-electron chi connectivity index (χ2n) is 5.99. The maximum atomic E-state index is 12.5. The Morgan fingerprint density at radius 2 is 1.81 bits per heavy atom. The minimum atomic E-state index is -4.37. The van der Waals surface area contributed by atoms with Crippen LogP contribution in [0.25, 0.3) is 0 Å². The summed E-state index contributed by atoms with van der Waals surface area (Å²) in [6, 6.07) is 4.76. The number of rotatable bonds is 5. The standard InChI is InChI=1S/C16H20F3NO/c1-11(2)9-10-20(14-7-8-14)15(21)12-3-5-13(6-4-12)16(17,18)19/h3-6,11,14H,7-10H2,1-2H3. The van der Waals surface area contributed by atoms with Crippen molar-refractivity contribution >= 4 is 5.91 Å². The molecule has 0 radical (unpaired) electrons. The minimum Gasteiger partial charge on any atom is -0.336 e. The monoisotopic (exact) mass is 299 g/mol. The van der Waals surface area contributed by atoms with Gasteiger partial charge in [-0.2, -0.15) is 13.2 Å². The summed E-state index contributed by atoms with van der Waals surface area (Å²) in [5, 5.41) is 0. The number of benzene rings is 1. The van der Waals surface area contributed by atoms with Gasteiger partial charge >= 0.3 is 6.18 Å². The third-order valence-electron chi connectivity index (χ3n) is 3.66. The van der Waals surface area contributed by atoms with Gasteiger partial charge in [0.05, 0.1) is 5.56 Å². The van der Waals surface area contributed by atoms with Gasteiger partial charge in [0, 0.05) is 18.2 Å². The topological polar surface area (TPSA) is 20.3 Å². The summed E-state index contributed by atoms with van der Waals surface area (Å²) in [4.78, 5) is 14.3. The van der Waals surface area contributed by atoms with Gasteiger partial charge < -0.3 is 4.90 Å². The molecule has 0 atom stereocenters. The normalized spacial score (nSPS) is 15.3. The number of carbonyl (C=O) groups is 1. The van der Waals surface area contributed by atoms with Crippen molar-refractivity contribution in [1.29, 1.82) is 0 Å². The van der Waals surface area contributed by atoms with Crippen LogP contribution in [0.5, 0.6) is 0 Å². The molecule has 0 N–H and O–H groups in total. The van der Waals surface area contributed by atoms with Crippen LogP contribution in [-0.2, 0) is 6.18 Å². The fourth-order valence-corrected chi connectivity index (χ4v) is 2.20.